The van der Waals surface area contributed by atoms with Crippen molar-refractivity contribution in [2.45, 2.75) is 6.54 Å². The molecule has 1 heterocycles. The van der Waals surface area contributed by atoms with Crippen LogP contribution in [0.2, 0.25) is 0 Å². The fourth-order valence-corrected chi connectivity index (χ4v) is 1.57. The summed E-state index contributed by atoms with van der Waals surface area (Å²) in [7, 11) is 3.34. The Morgan fingerprint density at radius 2 is 2.16 bits per heavy atom. The highest BCUT2D eigenvalue weighted by molar-refractivity contribution is 5.75. The van der Waals surface area contributed by atoms with Gasteiger partial charge in [0.15, 0.2) is 11.6 Å². The molecule has 100 valence electrons. The van der Waals surface area contributed by atoms with Crippen molar-refractivity contribution >= 4 is 5.91 Å². The number of amides is 1. The highest BCUT2D eigenvalue weighted by Gasteiger charge is 2.09. The molecule has 1 aromatic carbocycles. The van der Waals surface area contributed by atoms with Gasteiger partial charge in [-0.05, 0) is 17.7 Å². The van der Waals surface area contributed by atoms with Gasteiger partial charge < -0.3 is 10.0 Å². The van der Waals surface area contributed by atoms with Crippen LogP contribution in [-0.2, 0) is 11.3 Å². The van der Waals surface area contributed by atoms with Gasteiger partial charge in [0, 0.05) is 25.9 Å². The molecule has 6 heteroatoms. The topological polar surface area (TPSA) is 58.4 Å². The maximum absolute atomic E-state index is 13.0. The number of aromatic nitrogens is 2. The van der Waals surface area contributed by atoms with Crippen LogP contribution in [0.1, 0.15) is 0 Å². The van der Waals surface area contributed by atoms with Crippen LogP contribution < -0.4 is 0 Å². The molecule has 0 bridgehead atoms. The zero-order valence-electron chi connectivity index (χ0n) is 10.7. The molecular formula is C13H14FN3O2. The van der Waals surface area contributed by atoms with E-state index in [9.17, 15) is 14.3 Å². The fourth-order valence-electron chi connectivity index (χ4n) is 1.57. The van der Waals surface area contributed by atoms with Crippen LogP contribution in [0.5, 0.6) is 5.75 Å². The largest absolute Gasteiger partial charge is 0.505 e. The van der Waals surface area contributed by atoms with Crippen molar-refractivity contribution in [3.05, 3.63) is 36.4 Å². The van der Waals surface area contributed by atoms with Crippen molar-refractivity contribution in [2.24, 2.45) is 0 Å². The summed E-state index contributed by atoms with van der Waals surface area (Å²) in [5, 5.41) is 13.4. The monoisotopic (exact) mass is 263 g/mol. The Hall–Kier alpha value is -2.37. The van der Waals surface area contributed by atoms with Crippen LogP contribution in [0.3, 0.4) is 0 Å². The molecule has 0 aliphatic rings. The predicted octanol–water partition coefficient (Wildman–Crippen LogP) is 1.48. The lowest BCUT2D eigenvalue weighted by Gasteiger charge is -2.09. The number of benzene rings is 1. The molecule has 5 nitrogen and oxygen atoms in total. The molecule has 1 amide bonds. The van der Waals surface area contributed by atoms with Gasteiger partial charge in [0.2, 0.25) is 5.91 Å². The van der Waals surface area contributed by atoms with Crippen molar-refractivity contribution in [2.75, 3.05) is 14.1 Å². The van der Waals surface area contributed by atoms with Crippen LogP contribution in [0.25, 0.3) is 11.1 Å². The minimum absolute atomic E-state index is 0.0726. The molecule has 1 aromatic heterocycles. The van der Waals surface area contributed by atoms with E-state index in [1.165, 1.54) is 21.7 Å². The van der Waals surface area contributed by atoms with Gasteiger partial charge in [-0.1, -0.05) is 6.07 Å². The number of aromatic hydroxyl groups is 1. The van der Waals surface area contributed by atoms with E-state index in [0.717, 1.165) is 0 Å². The van der Waals surface area contributed by atoms with Crippen LogP contribution >= 0.6 is 0 Å². The lowest BCUT2D eigenvalue weighted by Crippen LogP contribution is -2.26. The lowest BCUT2D eigenvalue weighted by molar-refractivity contribution is -0.129. The molecule has 0 unspecified atom stereocenters. The molecular weight excluding hydrogens is 249 g/mol. The summed E-state index contributed by atoms with van der Waals surface area (Å²) >= 11 is 0. The van der Waals surface area contributed by atoms with Crippen LogP contribution in [0.4, 0.5) is 4.39 Å². The second kappa shape index (κ2) is 5.09. The van der Waals surface area contributed by atoms with Crippen LogP contribution in [-0.4, -0.2) is 39.8 Å². The number of likely N-dealkylation sites (N-methyl/N-ethyl adjacent to an activating group) is 1. The molecule has 0 saturated carbocycles. The molecule has 2 rings (SSSR count). The van der Waals surface area contributed by atoms with Gasteiger partial charge >= 0.3 is 0 Å². The molecule has 1 N–H and O–H groups in total. The number of rotatable bonds is 3. The van der Waals surface area contributed by atoms with Crippen molar-refractivity contribution in [1.29, 1.82) is 0 Å². The first kappa shape index (κ1) is 13.1. The van der Waals surface area contributed by atoms with Gasteiger partial charge in [0.1, 0.15) is 6.54 Å². The molecule has 0 fully saturated rings. The van der Waals surface area contributed by atoms with E-state index < -0.39 is 11.6 Å². The van der Waals surface area contributed by atoms with Crippen LogP contribution in [0, 0.1) is 5.82 Å². The number of hydrogen-bond donors (Lipinski definition) is 1. The Morgan fingerprint density at radius 1 is 1.42 bits per heavy atom. The first-order chi connectivity index (χ1) is 8.97. The fraction of sp³-hybridized carbons (Fsp3) is 0.231. The number of nitrogens with zero attached hydrogens (tertiary/aromatic N) is 3. The predicted molar refractivity (Wildman–Crippen MR) is 68.0 cm³/mol. The third-order valence-corrected chi connectivity index (χ3v) is 2.71. The Balaban J connectivity index is 2.21. The first-order valence-corrected chi connectivity index (χ1v) is 5.69. The second-order valence-corrected chi connectivity index (χ2v) is 4.38. The highest BCUT2D eigenvalue weighted by Crippen LogP contribution is 2.25. The Kier molecular flexibility index (Phi) is 3.50. The third kappa shape index (κ3) is 2.90. The minimum atomic E-state index is -0.668. The molecule has 19 heavy (non-hydrogen) atoms. The van der Waals surface area contributed by atoms with Crippen molar-refractivity contribution in [3.63, 3.8) is 0 Å². The van der Waals surface area contributed by atoms with Crippen molar-refractivity contribution in [3.8, 4) is 16.9 Å². The maximum Gasteiger partial charge on any atom is 0.243 e. The van der Waals surface area contributed by atoms with Gasteiger partial charge in [-0.25, -0.2) is 4.39 Å². The number of halogens is 1. The zero-order chi connectivity index (χ0) is 14.0. The summed E-state index contributed by atoms with van der Waals surface area (Å²) in [5.41, 5.74) is 1.35. The van der Waals surface area contributed by atoms with Gasteiger partial charge in [0.05, 0.1) is 6.20 Å². The number of hydrogen-bond acceptors (Lipinski definition) is 3. The van der Waals surface area contributed by atoms with Gasteiger partial charge in [-0.15, -0.1) is 0 Å². The van der Waals surface area contributed by atoms with E-state index in [1.807, 2.05) is 0 Å². The molecule has 0 saturated heterocycles. The average Bonchev–Trinajstić information content (AvgIpc) is 2.81. The number of carbonyl (C=O) groups excluding carboxylic acids is 1. The molecule has 0 aliphatic carbocycles. The minimum Gasteiger partial charge on any atom is -0.505 e. The van der Waals surface area contributed by atoms with E-state index in [4.69, 9.17) is 0 Å². The smallest absolute Gasteiger partial charge is 0.243 e. The molecule has 0 aliphatic heterocycles. The van der Waals surface area contributed by atoms with E-state index in [-0.39, 0.29) is 12.5 Å². The number of phenolic OH excluding ortho intramolecular Hbond substituents is 1. The normalized spacial score (nSPS) is 10.5. The summed E-state index contributed by atoms with van der Waals surface area (Å²) < 4.78 is 14.5. The number of carbonyl (C=O) groups is 1. The quantitative estimate of drug-likeness (QED) is 0.912. The standard InChI is InChI=1S/C13H14FN3O2/c1-16(2)13(19)8-17-7-10(6-15-17)9-3-4-11(14)12(18)5-9/h3-7,18H,8H2,1-2H3. The average molecular weight is 263 g/mol. The second-order valence-electron chi connectivity index (χ2n) is 4.38. The molecule has 0 spiro atoms. The van der Waals surface area contributed by atoms with Gasteiger partial charge in [-0.3, -0.25) is 9.48 Å². The number of phenols is 1. The summed E-state index contributed by atoms with van der Waals surface area (Å²) in [4.78, 5) is 13.0. The summed E-state index contributed by atoms with van der Waals surface area (Å²) in [5.74, 6) is -1.15. The van der Waals surface area contributed by atoms with Crippen molar-refractivity contribution < 1.29 is 14.3 Å². The molecule has 0 atom stereocenters. The van der Waals surface area contributed by atoms with E-state index in [0.29, 0.717) is 11.1 Å². The Bertz CT molecular complexity index is 608. The van der Waals surface area contributed by atoms with E-state index in [1.54, 1.807) is 32.6 Å². The summed E-state index contributed by atoms with van der Waals surface area (Å²) in [6.45, 7) is 0.139. The Labute approximate surface area is 109 Å². The molecule has 0 radical (unpaired) electrons. The summed E-state index contributed by atoms with van der Waals surface area (Å²) in [6, 6.07) is 4.06. The zero-order valence-corrected chi connectivity index (χ0v) is 10.7. The van der Waals surface area contributed by atoms with Gasteiger partial charge in [-0.2, -0.15) is 5.10 Å². The van der Waals surface area contributed by atoms with E-state index >= 15 is 0 Å². The Morgan fingerprint density at radius 3 is 2.79 bits per heavy atom. The maximum atomic E-state index is 13.0. The van der Waals surface area contributed by atoms with Crippen LogP contribution in [0.15, 0.2) is 30.6 Å². The SMILES string of the molecule is CN(C)C(=O)Cn1cc(-c2ccc(F)c(O)c2)cn1. The first-order valence-electron chi connectivity index (χ1n) is 5.69. The van der Waals surface area contributed by atoms with E-state index in [2.05, 4.69) is 5.10 Å². The highest BCUT2D eigenvalue weighted by atomic mass is 19.1. The molecule has 2 aromatic rings. The van der Waals surface area contributed by atoms with Crippen molar-refractivity contribution in [1.82, 2.24) is 14.7 Å². The lowest BCUT2D eigenvalue weighted by atomic mass is 10.1. The summed E-state index contributed by atoms with van der Waals surface area (Å²) in [6.07, 6.45) is 3.24. The third-order valence-electron chi connectivity index (χ3n) is 2.71. The van der Waals surface area contributed by atoms with Gasteiger partial charge in [0.25, 0.3) is 0 Å².